The number of phenolic OH excluding ortho intramolecular Hbond substituents is 1. The molecule has 0 aliphatic carbocycles. The first-order chi connectivity index (χ1) is 16.4. The molecule has 0 atom stereocenters. The maximum absolute atomic E-state index is 10.1. The molecule has 0 spiro atoms. The number of methoxy groups -OCH3 is 1. The minimum Gasteiger partial charge on any atom is -0.506 e. The standard InChI is InChI=1S/C22H25Br2N7O3/c1-14(27-17-3-5-18(33-2)6-4-17)28-22(31-7-9-34-10-8-31)29-21(25)30-26-13-15-11-16(23)12-19(24)20(15)32/h3-6,11-13,27,32H,1,7-10H2,2H3,(H3,25,28,29,30)/b26-13+. The summed E-state index contributed by atoms with van der Waals surface area (Å²) < 4.78 is 11.9. The molecule has 1 heterocycles. The Morgan fingerprint density at radius 2 is 1.91 bits per heavy atom. The number of hydrogen-bond acceptors (Lipinski definition) is 6. The Kier molecular flexibility index (Phi) is 9.31. The molecular weight excluding hydrogens is 570 g/mol. The Labute approximate surface area is 214 Å². The Balaban J connectivity index is 1.74. The molecule has 0 unspecified atom stereocenters. The Morgan fingerprint density at radius 1 is 1.21 bits per heavy atom. The largest absolute Gasteiger partial charge is 0.506 e. The van der Waals surface area contributed by atoms with Gasteiger partial charge in [0.1, 0.15) is 17.3 Å². The summed E-state index contributed by atoms with van der Waals surface area (Å²) >= 11 is 6.66. The van der Waals surface area contributed by atoms with Crippen molar-refractivity contribution in [2.75, 3.05) is 38.7 Å². The van der Waals surface area contributed by atoms with Crippen LogP contribution in [0.15, 0.2) is 72.8 Å². The summed E-state index contributed by atoms with van der Waals surface area (Å²) in [4.78, 5) is 10.9. The summed E-state index contributed by atoms with van der Waals surface area (Å²) in [7, 11) is 1.61. The molecule has 0 saturated carbocycles. The van der Waals surface area contributed by atoms with Crippen molar-refractivity contribution in [2.45, 2.75) is 0 Å². The Bertz CT molecular complexity index is 1100. The van der Waals surface area contributed by atoms with Crippen LogP contribution in [0.4, 0.5) is 5.69 Å². The number of hydrogen-bond donors (Lipinski definition) is 4. The molecule has 10 nitrogen and oxygen atoms in total. The summed E-state index contributed by atoms with van der Waals surface area (Å²) in [6, 6.07) is 10.8. The van der Waals surface area contributed by atoms with E-state index in [4.69, 9.17) is 15.2 Å². The maximum atomic E-state index is 10.1. The van der Waals surface area contributed by atoms with Crippen molar-refractivity contribution in [3.05, 3.63) is 63.3 Å². The Morgan fingerprint density at radius 3 is 2.59 bits per heavy atom. The average molecular weight is 595 g/mol. The molecule has 3 rings (SSSR count). The number of phenols is 1. The third-order valence-corrected chi connectivity index (χ3v) is 5.63. The summed E-state index contributed by atoms with van der Waals surface area (Å²) in [5, 5.41) is 17.3. The number of benzene rings is 2. The number of nitrogens with two attached hydrogens (primary N) is 1. The first-order valence-electron chi connectivity index (χ1n) is 10.2. The SMILES string of the molecule is C=C(N=C(N=C(N)N/N=C/c1cc(Br)cc(Br)c1O)N1CCOCC1)Nc1ccc(OC)cc1. The molecule has 1 saturated heterocycles. The smallest absolute Gasteiger partial charge is 0.230 e. The van der Waals surface area contributed by atoms with Crippen molar-refractivity contribution in [1.82, 2.24) is 10.3 Å². The zero-order valence-electron chi connectivity index (χ0n) is 18.5. The summed E-state index contributed by atoms with van der Waals surface area (Å²) in [6.07, 6.45) is 1.43. The molecule has 34 heavy (non-hydrogen) atoms. The molecule has 0 bridgehead atoms. The molecule has 0 aromatic heterocycles. The minimum absolute atomic E-state index is 0.0206. The molecule has 5 N–H and O–H groups in total. The predicted octanol–water partition coefficient (Wildman–Crippen LogP) is 3.44. The van der Waals surface area contributed by atoms with Crippen LogP contribution in [0.3, 0.4) is 0 Å². The lowest BCUT2D eigenvalue weighted by Crippen LogP contribution is -2.42. The van der Waals surface area contributed by atoms with Gasteiger partial charge in [-0.15, -0.1) is 0 Å². The highest BCUT2D eigenvalue weighted by Crippen LogP contribution is 2.30. The second-order valence-corrected chi connectivity index (χ2v) is 8.77. The number of ether oxygens (including phenoxy) is 2. The number of hydrazone groups is 1. The van der Waals surface area contributed by atoms with Crippen LogP contribution >= 0.6 is 31.9 Å². The molecule has 1 aliphatic rings. The molecule has 0 radical (unpaired) electrons. The molecule has 2 aromatic carbocycles. The third kappa shape index (κ3) is 7.47. The Hall–Kier alpha value is -3.09. The first kappa shape index (κ1) is 25.5. The monoisotopic (exact) mass is 593 g/mol. The van der Waals surface area contributed by atoms with Crippen LogP contribution in [0, 0.1) is 0 Å². The van der Waals surface area contributed by atoms with Gasteiger partial charge in [0.15, 0.2) is 0 Å². The predicted molar refractivity (Wildman–Crippen MR) is 141 cm³/mol. The van der Waals surface area contributed by atoms with Gasteiger partial charge in [-0.25, -0.2) is 5.43 Å². The quantitative estimate of drug-likeness (QED) is 0.229. The van der Waals surface area contributed by atoms with Crippen LogP contribution in [-0.2, 0) is 4.74 Å². The highest BCUT2D eigenvalue weighted by atomic mass is 79.9. The van der Waals surface area contributed by atoms with E-state index in [1.54, 1.807) is 19.2 Å². The van der Waals surface area contributed by atoms with Crippen molar-refractivity contribution >= 4 is 55.7 Å². The molecule has 12 heteroatoms. The normalized spacial score (nSPS) is 14.9. The van der Waals surface area contributed by atoms with Crippen LogP contribution in [-0.4, -0.2) is 61.6 Å². The van der Waals surface area contributed by atoms with E-state index in [1.807, 2.05) is 29.2 Å². The van der Waals surface area contributed by atoms with Crippen molar-refractivity contribution < 1.29 is 14.6 Å². The maximum Gasteiger partial charge on any atom is 0.230 e. The van der Waals surface area contributed by atoms with Gasteiger partial charge in [0.25, 0.3) is 0 Å². The fourth-order valence-electron chi connectivity index (χ4n) is 2.90. The zero-order chi connectivity index (χ0) is 24.5. The molecular formula is C22H25Br2N7O3. The average Bonchev–Trinajstić information content (AvgIpc) is 2.82. The van der Waals surface area contributed by atoms with Gasteiger partial charge in [0, 0.05) is 28.8 Å². The molecule has 1 fully saturated rings. The summed E-state index contributed by atoms with van der Waals surface area (Å²) in [6.45, 7) is 6.29. The zero-order valence-corrected chi connectivity index (χ0v) is 21.6. The summed E-state index contributed by atoms with van der Waals surface area (Å²) in [5.74, 6) is 1.58. The van der Waals surface area contributed by atoms with E-state index in [0.29, 0.717) is 48.1 Å². The third-order valence-electron chi connectivity index (χ3n) is 4.57. The van der Waals surface area contributed by atoms with Crippen molar-refractivity contribution in [1.29, 1.82) is 0 Å². The van der Waals surface area contributed by atoms with Crippen molar-refractivity contribution in [2.24, 2.45) is 20.8 Å². The number of nitrogens with one attached hydrogen (secondary N) is 2. The molecule has 180 valence electrons. The van der Waals surface area contributed by atoms with Gasteiger partial charge in [-0.3, -0.25) is 0 Å². The van der Waals surface area contributed by atoms with E-state index < -0.39 is 0 Å². The number of nitrogens with zero attached hydrogens (tertiary/aromatic N) is 4. The number of aliphatic imine (C=N–C) groups is 2. The molecule has 1 aliphatic heterocycles. The second-order valence-electron chi connectivity index (χ2n) is 7.00. The van der Waals surface area contributed by atoms with E-state index in [9.17, 15) is 5.11 Å². The fraction of sp³-hybridized carbons (Fsp3) is 0.227. The van der Waals surface area contributed by atoms with Crippen LogP contribution in [0.5, 0.6) is 11.5 Å². The van der Waals surface area contributed by atoms with E-state index in [0.717, 1.165) is 15.9 Å². The van der Waals surface area contributed by atoms with Crippen molar-refractivity contribution in [3.8, 4) is 11.5 Å². The number of guanidine groups is 2. The number of rotatable bonds is 6. The van der Waals surface area contributed by atoms with E-state index in [1.165, 1.54) is 6.21 Å². The lowest BCUT2D eigenvalue weighted by atomic mass is 10.2. The van der Waals surface area contributed by atoms with Gasteiger partial charge in [-0.2, -0.15) is 15.1 Å². The van der Waals surface area contributed by atoms with Gasteiger partial charge >= 0.3 is 0 Å². The van der Waals surface area contributed by atoms with Crippen molar-refractivity contribution in [3.63, 3.8) is 0 Å². The van der Waals surface area contributed by atoms with Gasteiger partial charge < -0.3 is 30.5 Å². The van der Waals surface area contributed by atoms with Gasteiger partial charge in [-0.05, 0) is 52.3 Å². The van der Waals surface area contributed by atoms with Gasteiger partial charge in [0.05, 0.1) is 31.0 Å². The molecule has 2 aromatic rings. The summed E-state index contributed by atoms with van der Waals surface area (Å²) in [5.41, 5.74) is 9.99. The number of morpholine rings is 1. The second kappa shape index (κ2) is 12.4. The lowest BCUT2D eigenvalue weighted by Gasteiger charge is -2.27. The van der Waals surface area contributed by atoms with Crippen LogP contribution < -0.4 is 21.2 Å². The molecule has 0 amide bonds. The topological polar surface area (TPSA) is 129 Å². The van der Waals surface area contributed by atoms with E-state index >= 15 is 0 Å². The van der Waals surface area contributed by atoms with Crippen LogP contribution in [0.2, 0.25) is 0 Å². The fourth-order valence-corrected chi connectivity index (χ4v) is 4.16. The number of aromatic hydroxyl groups is 1. The van der Waals surface area contributed by atoms with Gasteiger partial charge in [0.2, 0.25) is 11.9 Å². The number of halogens is 2. The highest BCUT2D eigenvalue weighted by Gasteiger charge is 2.16. The number of anilines is 1. The highest BCUT2D eigenvalue weighted by molar-refractivity contribution is 9.11. The first-order valence-corrected chi connectivity index (χ1v) is 11.8. The van der Waals surface area contributed by atoms with E-state index in [-0.39, 0.29) is 11.7 Å². The minimum atomic E-state index is 0.0206. The van der Waals surface area contributed by atoms with E-state index in [2.05, 4.69) is 64.3 Å². The van der Waals surface area contributed by atoms with Gasteiger partial charge in [-0.1, -0.05) is 22.5 Å². The van der Waals surface area contributed by atoms with Crippen LogP contribution in [0.25, 0.3) is 0 Å². The lowest BCUT2D eigenvalue weighted by molar-refractivity contribution is 0.0675. The van der Waals surface area contributed by atoms with Crippen LogP contribution in [0.1, 0.15) is 5.56 Å².